The van der Waals surface area contributed by atoms with E-state index in [0.717, 1.165) is 0 Å². The van der Waals surface area contributed by atoms with Crippen molar-refractivity contribution in [1.82, 2.24) is 5.32 Å². The second-order valence-electron chi connectivity index (χ2n) is 2.51. The molecule has 3 N–H and O–H groups in total. The topological polar surface area (TPSA) is 89.3 Å². The Kier molecular flexibility index (Phi) is 4.33. The SMILES string of the molecule is NS(=O)(=O)CCNC(=O)CC(F)(F)F. The number of nitrogens with two attached hydrogens (primary N) is 1. The van der Waals surface area contributed by atoms with Crippen molar-refractivity contribution in [3.8, 4) is 0 Å². The number of halogens is 3. The number of hydrogen-bond donors (Lipinski definition) is 2. The summed E-state index contributed by atoms with van der Waals surface area (Å²) >= 11 is 0. The molecule has 0 spiro atoms. The largest absolute Gasteiger partial charge is 0.397 e. The van der Waals surface area contributed by atoms with Gasteiger partial charge in [-0.05, 0) is 0 Å². The van der Waals surface area contributed by atoms with E-state index in [1.165, 1.54) is 0 Å². The molecule has 0 rings (SSSR count). The minimum atomic E-state index is -4.59. The van der Waals surface area contributed by atoms with Crippen LogP contribution in [0.1, 0.15) is 6.42 Å². The van der Waals surface area contributed by atoms with E-state index in [9.17, 15) is 26.4 Å². The van der Waals surface area contributed by atoms with Crippen LogP contribution in [0, 0.1) is 0 Å². The summed E-state index contributed by atoms with van der Waals surface area (Å²) in [5.41, 5.74) is 0. The number of carbonyl (C=O) groups excluding carboxylic acids is 1. The minimum absolute atomic E-state index is 0.423. The molecular formula is C5H9F3N2O3S. The van der Waals surface area contributed by atoms with Gasteiger partial charge in [0.2, 0.25) is 15.9 Å². The number of nitrogens with one attached hydrogen (secondary N) is 1. The van der Waals surface area contributed by atoms with Gasteiger partial charge in [-0.3, -0.25) is 4.79 Å². The molecule has 0 fully saturated rings. The minimum Gasteiger partial charge on any atom is -0.355 e. The Morgan fingerprint density at radius 1 is 1.36 bits per heavy atom. The van der Waals surface area contributed by atoms with Gasteiger partial charge in [0.1, 0.15) is 6.42 Å². The Balaban J connectivity index is 3.77. The van der Waals surface area contributed by atoms with E-state index in [0.29, 0.717) is 0 Å². The standard InChI is InChI=1S/C5H9F3N2O3S/c6-5(7,8)3-4(11)10-1-2-14(9,12)13/h1-3H2,(H,10,11)(H2,9,12,13). The molecule has 0 radical (unpaired) electrons. The maximum absolute atomic E-state index is 11.6. The third kappa shape index (κ3) is 9.26. The van der Waals surface area contributed by atoms with Crippen LogP contribution in [-0.4, -0.2) is 32.8 Å². The first-order valence-corrected chi connectivity index (χ1v) is 5.15. The monoisotopic (exact) mass is 234 g/mol. The third-order valence-corrected chi connectivity index (χ3v) is 1.84. The van der Waals surface area contributed by atoms with Crippen LogP contribution in [0.4, 0.5) is 13.2 Å². The number of hydrogen-bond acceptors (Lipinski definition) is 3. The number of alkyl halides is 3. The molecule has 0 aromatic carbocycles. The molecule has 9 heteroatoms. The summed E-state index contributed by atoms with van der Waals surface area (Å²) in [6.07, 6.45) is -6.22. The van der Waals surface area contributed by atoms with Crippen molar-refractivity contribution in [1.29, 1.82) is 0 Å². The smallest absolute Gasteiger partial charge is 0.355 e. The van der Waals surface area contributed by atoms with Crippen LogP contribution in [0.25, 0.3) is 0 Å². The summed E-state index contributed by atoms with van der Waals surface area (Å²) in [5, 5.41) is 6.33. The van der Waals surface area contributed by atoms with Gasteiger partial charge in [0.25, 0.3) is 0 Å². The first-order valence-electron chi connectivity index (χ1n) is 3.44. The number of carbonyl (C=O) groups is 1. The van der Waals surface area contributed by atoms with E-state index in [1.807, 2.05) is 0 Å². The summed E-state index contributed by atoms with van der Waals surface area (Å²) in [5.74, 6) is -1.86. The van der Waals surface area contributed by atoms with Crippen LogP contribution in [0.5, 0.6) is 0 Å². The molecule has 84 valence electrons. The van der Waals surface area contributed by atoms with Crippen LogP contribution in [0.15, 0.2) is 0 Å². The van der Waals surface area contributed by atoms with Crippen LogP contribution in [0.2, 0.25) is 0 Å². The lowest BCUT2D eigenvalue weighted by Gasteiger charge is -2.06. The first-order chi connectivity index (χ1) is 6.10. The molecule has 0 aromatic heterocycles. The van der Waals surface area contributed by atoms with E-state index in [2.05, 4.69) is 5.14 Å². The molecule has 0 aliphatic rings. The number of sulfonamides is 1. The van der Waals surface area contributed by atoms with E-state index in [-0.39, 0.29) is 0 Å². The van der Waals surface area contributed by atoms with Crippen molar-refractivity contribution >= 4 is 15.9 Å². The van der Waals surface area contributed by atoms with Crippen molar-refractivity contribution in [3.05, 3.63) is 0 Å². The Bertz CT molecular complexity index is 298. The van der Waals surface area contributed by atoms with Crippen molar-refractivity contribution in [3.63, 3.8) is 0 Å². The van der Waals surface area contributed by atoms with Gasteiger partial charge in [0.05, 0.1) is 5.75 Å². The van der Waals surface area contributed by atoms with Crippen LogP contribution >= 0.6 is 0 Å². The molecule has 0 aromatic rings. The molecule has 0 atom stereocenters. The van der Waals surface area contributed by atoms with E-state index >= 15 is 0 Å². The highest BCUT2D eigenvalue weighted by Crippen LogP contribution is 2.18. The Hall–Kier alpha value is -0.830. The van der Waals surface area contributed by atoms with Gasteiger partial charge >= 0.3 is 6.18 Å². The molecule has 5 nitrogen and oxygen atoms in total. The lowest BCUT2D eigenvalue weighted by Crippen LogP contribution is -2.33. The summed E-state index contributed by atoms with van der Waals surface area (Å²) in [6, 6.07) is 0. The quantitative estimate of drug-likeness (QED) is 0.677. The molecule has 0 heterocycles. The third-order valence-electron chi connectivity index (χ3n) is 1.07. The zero-order valence-electron chi connectivity index (χ0n) is 6.97. The second-order valence-corrected chi connectivity index (χ2v) is 4.24. The molecule has 1 amide bonds. The van der Waals surface area contributed by atoms with Gasteiger partial charge in [-0.2, -0.15) is 13.2 Å². The van der Waals surface area contributed by atoms with Gasteiger partial charge in [0, 0.05) is 6.54 Å². The van der Waals surface area contributed by atoms with Gasteiger partial charge in [-0.15, -0.1) is 0 Å². The zero-order chi connectivity index (χ0) is 11.4. The average molecular weight is 234 g/mol. The summed E-state index contributed by atoms with van der Waals surface area (Å²) in [7, 11) is -3.76. The molecule has 0 saturated carbocycles. The highest BCUT2D eigenvalue weighted by Gasteiger charge is 2.30. The fraction of sp³-hybridized carbons (Fsp3) is 0.800. The molecule has 0 aliphatic carbocycles. The maximum Gasteiger partial charge on any atom is 0.397 e. The highest BCUT2D eigenvalue weighted by atomic mass is 32.2. The van der Waals surface area contributed by atoms with Crippen LogP contribution in [0.3, 0.4) is 0 Å². The molecule has 0 bridgehead atoms. The zero-order valence-corrected chi connectivity index (χ0v) is 7.78. The van der Waals surface area contributed by atoms with Gasteiger partial charge in [-0.1, -0.05) is 0 Å². The predicted molar refractivity (Wildman–Crippen MR) is 41.7 cm³/mol. The fourth-order valence-electron chi connectivity index (χ4n) is 0.577. The van der Waals surface area contributed by atoms with Crippen molar-refractivity contribution in [2.45, 2.75) is 12.6 Å². The van der Waals surface area contributed by atoms with E-state index in [4.69, 9.17) is 0 Å². The van der Waals surface area contributed by atoms with Crippen LogP contribution < -0.4 is 10.5 Å². The van der Waals surface area contributed by atoms with Gasteiger partial charge in [-0.25, -0.2) is 13.6 Å². The first kappa shape index (κ1) is 13.2. The predicted octanol–water partition coefficient (Wildman–Crippen LogP) is -0.656. The Labute approximate surface area is 78.5 Å². The van der Waals surface area contributed by atoms with Gasteiger partial charge < -0.3 is 5.32 Å². The maximum atomic E-state index is 11.6. The molecule has 14 heavy (non-hydrogen) atoms. The lowest BCUT2D eigenvalue weighted by molar-refractivity contribution is -0.153. The summed E-state index contributed by atoms with van der Waals surface area (Å²) < 4.78 is 55.3. The van der Waals surface area contributed by atoms with Gasteiger partial charge in [0.15, 0.2) is 0 Å². The Morgan fingerprint density at radius 3 is 2.21 bits per heavy atom. The number of rotatable bonds is 4. The van der Waals surface area contributed by atoms with E-state index in [1.54, 1.807) is 5.32 Å². The molecular weight excluding hydrogens is 225 g/mol. The number of amides is 1. The van der Waals surface area contributed by atoms with Crippen molar-refractivity contribution in [2.24, 2.45) is 5.14 Å². The summed E-state index contributed by atoms with van der Waals surface area (Å²) in [4.78, 5) is 10.5. The fourth-order valence-corrected chi connectivity index (χ4v) is 0.964. The highest BCUT2D eigenvalue weighted by molar-refractivity contribution is 7.89. The average Bonchev–Trinajstić information content (AvgIpc) is 1.78. The summed E-state index contributed by atoms with van der Waals surface area (Å²) in [6.45, 7) is -0.423. The number of primary sulfonamides is 1. The Morgan fingerprint density at radius 2 is 1.86 bits per heavy atom. The normalized spacial score (nSPS) is 12.6. The second kappa shape index (κ2) is 4.60. The molecule has 0 unspecified atom stereocenters. The van der Waals surface area contributed by atoms with Crippen LogP contribution in [-0.2, 0) is 14.8 Å². The van der Waals surface area contributed by atoms with Crippen molar-refractivity contribution < 1.29 is 26.4 Å². The van der Waals surface area contributed by atoms with E-state index < -0.39 is 40.8 Å². The molecule has 0 aliphatic heterocycles. The van der Waals surface area contributed by atoms with Crippen molar-refractivity contribution in [2.75, 3.05) is 12.3 Å². The molecule has 0 saturated heterocycles. The lowest BCUT2D eigenvalue weighted by atomic mass is 10.4.